The SMILES string of the molecule is Cn1cc([N+](=O)[O-])c(CN2CCOCC2)n1. The Morgan fingerprint density at radius 1 is 1.56 bits per heavy atom. The van der Waals surface area contributed by atoms with E-state index in [4.69, 9.17) is 4.74 Å². The lowest BCUT2D eigenvalue weighted by molar-refractivity contribution is -0.385. The third-order valence-corrected chi connectivity index (χ3v) is 2.56. The Kier molecular flexibility index (Phi) is 3.16. The lowest BCUT2D eigenvalue weighted by atomic mass is 10.3. The van der Waals surface area contributed by atoms with Crippen molar-refractivity contribution in [2.75, 3.05) is 26.3 Å². The van der Waals surface area contributed by atoms with Gasteiger partial charge in [-0.05, 0) is 0 Å². The zero-order valence-electron chi connectivity index (χ0n) is 9.13. The van der Waals surface area contributed by atoms with Crippen LogP contribution >= 0.6 is 0 Å². The third kappa shape index (κ3) is 2.37. The van der Waals surface area contributed by atoms with E-state index in [9.17, 15) is 10.1 Å². The molecule has 1 saturated heterocycles. The van der Waals surface area contributed by atoms with Gasteiger partial charge in [0.05, 0.1) is 18.1 Å². The molecule has 7 nitrogen and oxygen atoms in total. The molecule has 1 aliphatic rings. The number of hydrogen-bond donors (Lipinski definition) is 0. The van der Waals surface area contributed by atoms with Gasteiger partial charge in [0.15, 0.2) is 5.69 Å². The van der Waals surface area contributed by atoms with E-state index in [-0.39, 0.29) is 10.6 Å². The maximum atomic E-state index is 10.8. The highest BCUT2D eigenvalue weighted by Crippen LogP contribution is 2.18. The first-order valence-corrected chi connectivity index (χ1v) is 5.14. The van der Waals surface area contributed by atoms with Crippen molar-refractivity contribution in [1.29, 1.82) is 0 Å². The minimum absolute atomic E-state index is 0.0917. The van der Waals surface area contributed by atoms with Crippen LogP contribution in [0.15, 0.2) is 6.20 Å². The van der Waals surface area contributed by atoms with E-state index in [1.807, 2.05) is 0 Å². The van der Waals surface area contributed by atoms with E-state index < -0.39 is 0 Å². The van der Waals surface area contributed by atoms with Gasteiger partial charge in [0.1, 0.15) is 6.20 Å². The number of aryl methyl sites for hydroxylation is 1. The van der Waals surface area contributed by atoms with Crippen molar-refractivity contribution in [2.24, 2.45) is 7.05 Å². The molecule has 0 atom stereocenters. The number of nitrogens with zero attached hydrogens (tertiary/aromatic N) is 4. The second-order valence-electron chi connectivity index (χ2n) is 3.78. The monoisotopic (exact) mass is 226 g/mol. The van der Waals surface area contributed by atoms with Crippen LogP contribution < -0.4 is 0 Å². The molecule has 0 radical (unpaired) electrons. The Morgan fingerprint density at radius 3 is 2.88 bits per heavy atom. The molecule has 1 aromatic heterocycles. The van der Waals surface area contributed by atoms with Crippen molar-refractivity contribution >= 4 is 5.69 Å². The van der Waals surface area contributed by atoms with Gasteiger partial charge in [-0.2, -0.15) is 5.10 Å². The van der Waals surface area contributed by atoms with Crippen molar-refractivity contribution in [1.82, 2.24) is 14.7 Å². The predicted molar refractivity (Wildman–Crippen MR) is 56.0 cm³/mol. The number of hydrogen-bond acceptors (Lipinski definition) is 5. The normalized spacial score (nSPS) is 17.6. The first kappa shape index (κ1) is 11.0. The van der Waals surface area contributed by atoms with E-state index in [1.165, 1.54) is 10.9 Å². The fourth-order valence-electron chi connectivity index (χ4n) is 1.76. The van der Waals surface area contributed by atoms with Crippen LogP contribution in [0.3, 0.4) is 0 Å². The van der Waals surface area contributed by atoms with Crippen molar-refractivity contribution < 1.29 is 9.66 Å². The smallest absolute Gasteiger partial charge is 0.311 e. The molecule has 2 heterocycles. The van der Waals surface area contributed by atoms with Crippen LogP contribution in [0.4, 0.5) is 5.69 Å². The summed E-state index contributed by atoms with van der Waals surface area (Å²) < 4.78 is 6.70. The lowest BCUT2D eigenvalue weighted by Crippen LogP contribution is -2.35. The molecule has 88 valence electrons. The van der Waals surface area contributed by atoms with E-state index in [0.717, 1.165) is 13.1 Å². The second-order valence-corrected chi connectivity index (χ2v) is 3.78. The Morgan fingerprint density at radius 2 is 2.25 bits per heavy atom. The maximum Gasteiger partial charge on any atom is 0.311 e. The first-order chi connectivity index (χ1) is 7.66. The fraction of sp³-hybridized carbons (Fsp3) is 0.667. The molecular formula is C9H14N4O3. The van der Waals surface area contributed by atoms with E-state index in [0.29, 0.717) is 25.5 Å². The van der Waals surface area contributed by atoms with Crippen molar-refractivity contribution in [2.45, 2.75) is 6.54 Å². The molecule has 1 fully saturated rings. The van der Waals surface area contributed by atoms with E-state index >= 15 is 0 Å². The second kappa shape index (κ2) is 4.58. The summed E-state index contributed by atoms with van der Waals surface area (Å²) in [7, 11) is 1.69. The van der Waals surface area contributed by atoms with Crippen LogP contribution in [-0.2, 0) is 18.3 Å². The fourth-order valence-corrected chi connectivity index (χ4v) is 1.76. The molecule has 0 unspecified atom stereocenters. The quantitative estimate of drug-likeness (QED) is 0.542. The van der Waals surface area contributed by atoms with Gasteiger partial charge in [0.2, 0.25) is 0 Å². The van der Waals surface area contributed by atoms with Crippen LogP contribution in [0.2, 0.25) is 0 Å². The summed E-state index contributed by atoms with van der Waals surface area (Å²) in [5.74, 6) is 0. The van der Waals surface area contributed by atoms with Gasteiger partial charge in [-0.3, -0.25) is 19.7 Å². The summed E-state index contributed by atoms with van der Waals surface area (Å²) in [5, 5.41) is 14.9. The molecule has 0 aliphatic carbocycles. The predicted octanol–water partition coefficient (Wildman–Crippen LogP) is 0.160. The van der Waals surface area contributed by atoms with Crippen molar-refractivity contribution in [3.8, 4) is 0 Å². The van der Waals surface area contributed by atoms with E-state index in [2.05, 4.69) is 10.00 Å². The number of rotatable bonds is 3. The summed E-state index contributed by atoms with van der Waals surface area (Å²) in [6.45, 7) is 3.48. The van der Waals surface area contributed by atoms with Gasteiger partial charge < -0.3 is 4.74 Å². The number of morpholine rings is 1. The maximum absolute atomic E-state index is 10.8. The molecule has 7 heteroatoms. The molecule has 0 amide bonds. The van der Waals surface area contributed by atoms with Crippen LogP contribution in [0, 0.1) is 10.1 Å². The summed E-state index contributed by atoms with van der Waals surface area (Å²) in [5.41, 5.74) is 0.614. The highest BCUT2D eigenvalue weighted by molar-refractivity contribution is 5.32. The lowest BCUT2D eigenvalue weighted by Gasteiger charge is -2.25. The number of aromatic nitrogens is 2. The Balaban J connectivity index is 2.10. The highest BCUT2D eigenvalue weighted by Gasteiger charge is 2.21. The molecule has 0 saturated carbocycles. The standard InChI is InChI=1S/C9H14N4O3/c1-11-7-9(13(14)15)8(10-11)6-12-2-4-16-5-3-12/h7H,2-6H2,1H3. The van der Waals surface area contributed by atoms with Crippen LogP contribution in [-0.4, -0.2) is 45.9 Å². The first-order valence-electron chi connectivity index (χ1n) is 5.14. The van der Waals surface area contributed by atoms with E-state index in [1.54, 1.807) is 7.05 Å². The minimum atomic E-state index is -0.386. The van der Waals surface area contributed by atoms with Gasteiger partial charge >= 0.3 is 5.69 Å². The molecular weight excluding hydrogens is 212 g/mol. The van der Waals surface area contributed by atoms with Crippen LogP contribution in [0.1, 0.15) is 5.69 Å². The third-order valence-electron chi connectivity index (χ3n) is 2.56. The average molecular weight is 226 g/mol. The largest absolute Gasteiger partial charge is 0.379 e. The Bertz CT molecular complexity index is 384. The zero-order chi connectivity index (χ0) is 11.5. The Hall–Kier alpha value is -1.47. The number of nitro groups is 1. The molecule has 0 aromatic carbocycles. The molecule has 16 heavy (non-hydrogen) atoms. The van der Waals surface area contributed by atoms with Gasteiger partial charge in [0.25, 0.3) is 0 Å². The summed E-state index contributed by atoms with van der Waals surface area (Å²) in [4.78, 5) is 12.5. The van der Waals surface area contributed by atoms with Gasteiger partial charge in [-0.1, -0.05) is 0 Å². The summed E-state index contributed by atoms with van der Waals surface area (Å²) >= 11 is 0. The van der Waals surface area contributed by atoms with Crippen LogP contribution in [0.25, 0.3) is 0 Å². The molecule has 0 spiro atoms. The topological polar surface area (TPSA) is 73.4 Å². The highest BCUT2D eigenvalue weighted by atomic mass is 16.6. The average Bonchev–Trinajstić information content (AvgIpc) is 2.61. The van der Waals surface area contributed by atoms with Gasteiger partial charge in [-0.25, -0.2) is 0 Å². The van der Waals surface area contributed by atoms with Gasteiger partial charge in [-0.15, -0.1) is 0 Å². The van der Waals surface area contributed by atoms with Crippen LogP contribution in [0.5, 0.6) is 0 Å². The van der Waals surface area contributed by atoms with Crippen molar-refractivity contribution in [3.05, 3.63) is 22.0 Å². The molecule has 0 bridgehead atoms. The molecule has 1 aliphatic heterocycles. The zero-order valence-corrected chi connectivity index (χ0v) is 9.13. The molecule has 1 aromatic rings. The molecule has 2 rings (SSSR count). The molecule has 0 N–H and O–H groups in total. The minimum Gasteiger partial charge on any atom is -0.379 e. The Labute approximate surface area is 92.7 Å². The van der Waals surface area contributed by atoms with Gasteiger partial charge in [0, 0.05) is 26.7 Å². The summed E-state index contributed by atoms with van der Waals surface area (Å²) in [6, 6.07) is 0. The van der Waals surface area contributed by atoms with Crippen molar-refractivity contribution in [3.63, 3.8) is 0 Å². The summed E-state index contributed by atoms with van der Waals surface area (Å²) in [6.07, 6.45) is 1.44. The number of ether oxygens (including phenoxy) is 1.